The Kier molecular flexibility index (Phi) is 10.2. The zero-order chi connectivity index (χ0) is 34.7. The van der Waals surface area contributed by atoms with Crippen molar-refractivity contribution in [2.75, 3.05) is 13.2 Å². The molecule has 0 saturated carbocycles. The van der Waals surface area contributed by atoms with Crippen LogP contribution in [-0.4, -0.2) is 78.8 Å². The van der Waals surface area contributed by atoms with Gasteiger partial charge in [-0.2, -0.15) is 0 Å². The maximum Gasteiger partial charge on any atom is 0.407 e. The first-order valence-electron chi connectivity index (χ1n) is 16.2. The van der Waals surface area contributed by atoms with Crippen LogP contribution in [0.2, 0.25) is 0 Å². The summed E-state index contributed by atoms with van der Waals surface area (Å²) in [5.41, 5.74) is 13.5. The molecule has 3 aromatic rings. The molecule has 3 aromatic carbocycles. The van der Waals surface area contributed by atoms with Crippen LogP contribution in [0.5, 0.6) is 0 Å². The average Bonchev–Trinajstić information content (AvgIpc) is 3.41. The van der Waals surface area contributed by atoms with Gasteiger partial charge in [0.2, 0.25) is 0 Å². The van der Waals surface area contributed by atoms with Gasteiger partial charge in [0.1, 0.15) is 30.5 Å². The zero-order valence-electron chi connectivity index (χ0n) is 27.7. The SMILES string of the molecule is C[C@@H](O[C@H]1O[C@H]2COC(c3ccccc3)O[C@@H]2[C@H](O)[C@@H]1N=[N+]=[N-])[C@H](NC(=O)OCC1c2ccccc2-c2ccccc21)C(=O)OC(C)(C)C. The summed E-state index contributed by atoms with van der Waals surface area (Å²) in [6.07, 6.45) is -7.05. The maximum atomic E-state index is 13.5. The molecule has 0 spiro atoms. The van der Waals surface area contributed by atoms with Gasteiger partial charge in [0.05, 0.1) is 18.8 Å². The van der Waals surface area contributed by atoms with Crippen LogP contribution in [0.3, 0.4) is 0 Å². The van der Waals surface area contributed by atoms with E-state index in [9.17, 15) is 20.2 Å². The molecule has 13 heteroatoms. The highest BCUT2D eigenvalue weighted by Gasteiger charge is 2.50. The summed E-state index contributed by atoms with van der Waals surface area (Å²) in [6, 6.07) is 22.5. The first kappa shape index (κ1) is 34.4. The Hall–Kier alpha value is -4.49. The number of hydrogen-bond acceptors (Lipinski definition) is 10. The van der Waals surface area contributed by atoms with E-state index in [4.69, 9.17) is 28.4 Å². The monoisotopic (exact) mass is 672 g/mol. The standard InChI is InChI=1S/C36H40N4O9/c1-20(46-34-29(39-40-37)30(41)31-27(47-34)19-44-33(48-31)21-12-6-5-7-13-21)28(32(42)49-36(2,3)4)38-35(43)45-18-26-24-16-10-8-14-22(24)23-15-9-11-17-25(23)26/h5-17,20,26-31,33-34,41H,18-19H2,1-4H3,(H,38,43)/t20-,27+,28+,29+,30-,31+,33?,34+/m1/s1. The smallest absolute Gasteiger partial charge is 0.407 e. The van der Waals surface area contributed by atoms with Crippen molar-refractivity contribution in [2.45, 2.75) is 88.3 Å². The lowest BCUT2D eigenvalue weighted by Gasteiger charge is -2.47. The molecule has 1 amide bonds. The third kappa shape index (κ3) is 7.57. The molecule has 0 bridgehead atoms. The number of alkyl carbamates (subject to hydrolysis) is 1. The highest BCUT2D eigenvalue weighted by atomic mass is 16.7. The molecule has 2 saturated heterocycles. The summed E-state index contributed by atoms with van der Waals surface area (Å²) in [4.78, 5) is 29.6. The zero-order valence-corrected chi connectivity index (χ0v) is 27.7. The van der Waals surface area contributed by atoms with E-state index in [-0.39, 0.29) is 19.1 Å². The van der Waals surface area contributed by atoms with E-state index in [2.05, 4.69) is 15.3 Å². The van der Waals surface area contributed by atoms with E-state index in [1.54, 1.807) is 20.8 Å². The Bertz CT molecular complexity index is 1650. The minimum atomic E-state index is -1.36. The number of hydrogen-bond donors (Lipinski definition) is 2. The largest absolute Gasteiger partial charge is 0.458 e. The van der Waals surface area contributed by atoms with E-state index in [0.717, 1.165) is 27.8 Å². The van der Waals surface area contributed by atoms with E-state index < -0.39 is 66.7 Å². The lowest BCUT2D eigenvalue weighted by atomic mass is 9.96. The molecule has 258 valence electrons. The van der Waals surface area contributed by atoms with E-state index >= 15 is 0 Å². The minimum absolute atomic E-state index is 0.0278. The third-order valence-electron chi connectivity index (χ3n) is 8.69. The molecule has 2 N–H and O–H groups in total. The van der Waals surface area contributed by atoms with Gasteiger partial charge in [-0.15, -0.1) is 0 Å². The molecule has 13 nitrogen and oxygen atoms in total. The van der Waals surface area contributed by atoms with Crippen molar-refractivity contribution in [3.05, 3.63) is 106 Å². The molecule has 6 rings (SSSR count). The van der Waals surface area contributed by atoms with Gasteiger partial charge in [-0.25, -0.2) is 9.59 Å². The van der Waals surface area contributed by atoms with Gasteiger partial charge in [0, 0.05) is 16.4 Å². The third-order valence-corrected chi connectivity index (χ3v) is 8.69. The average molecular weight is 673 g/mol. The number of nitrogens with one attached hydrogen (secondary N) is 1. The predicted octanol–water partition coefficient (Wildman–Crippen LogP) is 5.52. The van der Waals surface area contributed by atoms with E-state index in [1.165, 1.54) is 6.92 Å². The van der Waals surface area contributed by atoms with Gasteiger partial charge in [0.25, 0.3) is 0 Å². The van der Waals surface area contributed by atoms with Crippen LogP contribution in [0, 0.1) is 0 Å². The van der Waals surface area contributed by atoms with Crippen LogP contribution in [0.1, 0.15) is 56.6 Å². The molecule has 49 heavy (non-hydrogen) atoms. The van der Waals surface area contributed by atoms with Crippen LogP contribution in [0.25, 0.3) is 21.6 Å². The van der Waals surface area contributed by atoms with Gasteiger partial charge >= 0.3 is 12.1 Å². The molecule has 1 unspecified atom stereocenters. The fourth-order valence-electron chi connectivity index (χ4n) is 6.44. The second-order valence-electron chi connectivity index (χ2n) is 13.2. The number of nitrogens with zero attached hydrogens (tertiary/aromatic N) is 3. The lowest BCUT2D eigenvalue weighted by molar-refractivity contribution is -0.346. The number of amides is 1. The number of rotatable bonds is 9. The normalized spacial score (nSPS) is 25.8. The van der Waals surface area contributed by atoms with Crippen molar-refractivity contribution in [1.82, 2.24) is 5.32 Å². The molecule has 0 aromatic heterocycles. The molecular formula is C36H40N4O9. The molecule has 1 aliphatic carbocycles. The summed E-state index contributed by atoms with van der Waals surface area (Å²) >= 11 is 0. The fourth-order valence-corrected chi connectivity index (χ4v) is 6.44. The summed E-state index contributed by atoms with van der Waals surface area (Å²) in [7, 11) is 0. The van der Waals surface area contributed by atoms with Crippen molar-refractivity contribution in [3.8, 4) is 11.1 Å². The van der Waals surface area contributed by atoms with Gasteiger partial charge in [0.15, 0.2) is 18.6 Å². The van der Waals surface area contributed by atoms with Crippen LogP contribution >= 0.6 is 0 Å². The van der Waals surface area contributed by atoms with Crippen molar-refractivity contribution >= 4 is 12.1 Å². The fraction of sp³-hybridized carbons (Fsp3) is 0.444. The number of esters is 1. The Balaban J connectivity index is 1.15. The molecule has 2 heterocycles. The summed E-state index contributed by atoms with van der Waals surface area (Å²) in [5, 5.41) is 17.7. The minimum Gasteiger partial charge on any atom is -0.458 e. The van der Waals surface area contributed by atoms with Crippen molar-refractivity contribution in [1.29, 1.82) is 0 Å². The van der Waals surface area contributed by atoms with Gasteiger partial charge in [-0.3, -0.25) is 0 Å². The van der Waals surface area contributed by atoms with Crippen molar-refractivity contribution < 1.29 is 43.1 Å². The Morgan fingerprint density at radius 1 is 1.00 bits per heavy atom. The molecule has 2 fully saturated rings. The molecular weight excluding hydrogens is 632 g/mol. The number of aliphatic hydroxyl groups excluding tert-OH is 1. The van der Waals surface area contributed by atoms with Crippen molar-refractivity contribution in [3.63, 3.8) is 0 Å². The Morgan fingerprint density at radius 3 is 2.27 bits per heavy atom. The van der Waals surface area contributed by atoms with Gasteiger partial charge in [-0.05, 0) is 55.5 Å². The summed E-state index contributed by atoms with van der Waals surface area (Å²) in [6.45, 7) is 6.71. The number of azide groups is 1. The van der Waals surface area contributed by atoms with Crippen LogP contribution in [-0.2, 0) is 33.2 Å². The highest BCUT2D eigenvalue weighted by Crippen LogP contribution is 2.44. The molecule has 8 atom stereocenters. The lowest BCUT2D eigenvalue weighted by Crippen LogP contribution is -2.63. The predicted molar refractivity (Wildman–Crippen MR) is 176 cm³/mol. The second kappa shape index (κ2) is 14.6. The highest BCUT2D eigenvalue weighted by molar-refractivity contribution is 5.82. The Labute approximate surface area is 284 Å². The number of benzene rings is 3. The number of fused-ring (bicyclic) bond motifs is 4. The molecule has 0 radical (unpaired) electrons. The van der Waals surface area contributed by atoms with E-state index in [1.807, 2.05) is 78.9 Å². The molecule has 2 aliphatic heterocycles. The summed E-state index contributed by atoms with van der Waals surface area (Å²) in [5.74, 6) is -0.971. The van der Waals surface area contributed by atoms with Crippen LogP contribution < -0.4 is 5.32 Å². The van der Waals surface area contributed by atoms with Crippen molar-refractivity contribution in [2.24, 2.45) is 5.11 Å². The molecule has 3 aliphatic rings. The first-order valence-corrected chi connectivity index (χ1v) is 16.2. The Morgan fingerprint density at radius 2 is 1.63 bits per heavy atom. The number of carbonyl (C=O) groups is 2. The first-order chi connectivity index (χ1) is 23.5. The summed E-state index contributed by atoms with van der Waals surface area (Å²) < 4.78 is 35.5. The number of carbonyl (C=O) groups excluding carboxylic acids is 2. The quantitative estimate of drug-likeness (QED) is 0.129. The topological polar surface area (TPSA) is 171 Å². The number of aliphatic hydroxyl groups is 1. The number of ether oxygens (including phenoxy) is 6. The van der Waals surface area contributed by atoms with Crippen LogP contribution in [0.4, 0.5) is 4.79 Å². The van der Waals surface area contributed by atoms with E-state index in [0.29, 0.717) is 0 Å². The van der Waals surface area contributed by atoms with Gasteiger partial charge in [-0.1, -0.05) is 84.0 Å². The van der Waals surface area contributed by atoms with Gasteiger partial charge < -0.3 is 38.8 Å². The second-order valence-corrected chi connectivity index (χ2v) is 13.2. The maximum absolute atomic E-state index is 13.5. The van der Waals surface area contributed by atoms with Crippen LogP contribution in [0.15, 0.2) is 84.0 Å².